The Morgan fingerprint density at radius 3 is 2.60 bits per heavy atom. The number of carbonyl (C=O) groups is 1. The molecule has 0 unspecified atom stereocenters. The van der Waals surface area contributed by atoms with Crippen molar-refractivity contribution in [1.82, 2.24) is 10.3 Å². The summed E-state index contributed by atoms with van der Waals surface area (Å²) in [7, 11) is 0. The minimum Gasteiger partial charge on any atom is -0.383 e. The van der Waals surface area contributed by atoms with Gasteiger partial charge in [0.2, 0.25) is 5.91 Å². The van der Waals surface area contributed by atoms with Crippen LogP contribution in [0.15, 0.2) is 60.0 Å². The number of hydrogen-bond acceptors (Lipinski definition) is 4. The van der Waals surface area contributed by atoms with Gasteiger partial charge in [0.25, 0.3) is 0 Å². The molecule has 1 heterocycles. The molecule has 3 aromatic rings. The Balaban J connectivity index is 1.56. The van der Waals surface area contributed by atoms with Gasteiger partial charge in [-0.2, -0.15) is 0 Å². The molecule has 6 heteroatoms. The summed E-state index contributed by atoms with van der Waals surface area (Å²) >= 11 is 1.40. The van der Waals surface area contributed by atoms with Crippen molar-refractivity contribution in [2.45, 2.75) is 19.1 Å². The number of hydrogen-bond donors (Lipinski definition) is 2. The van der Waals surface area contributed by atoms with Crippen molar-refractivity contribution in [3.63, 3.8) is 0 Å². The van der Waals surface area contributed by atoms with Gasteiger partial charge in [-0.1, -0.05) is 30.3 Å². The fourth-order valence-corrected chi connectivity index (χ4v) is 3.16. The van der Waals surface area contributed by atoms with E-state index >= 15 is 0 Å². The van der Waals surface area contributed by atoms with E-state index in [-0.39, 0.29) is 12.2 Å². The Kier molecular flexibility index (Phi) is 5.53. The molecular weight excluding hydrogens is 339 g/mol. The number of aliphatic hydroxyl groups is 1. The Morgan fingerprint density at radius 2 is 1.88 bits per heavy atom. The van der Waals surface area contributed by atoms with Gasteiger partial charge in [0.1, 0.15) is 16.9 Å². The number of halogens is 1. The number of aromatic nitrogens is 1. The molecule has 2 aromatic carbocycles. The van der Waals surface area contributed by atoms with Crippen LogP contribution in [0.4, 0.5) is 4.39 Å². The van der Waals surface area contributed by atoms with Gasteiger partial charge in [-0.3, -0.25) is 4.79 Å². The lowest BCUT2D eigenvalue weighted by Crippen LogP contribution is -2.35. The summed E-state index contributed by atoms with van der Waals surface area (Å²) in [6.45, 7) is 0.370. The molecule has 0 aliphatic heterocycles. The highest BCUT2D eigenvalue weighted by molar-refractivity contribution is 7.13. The molecule has 25 heavy (non-hydrogen) atoms. The predicted octanol–water partition coefficient (Wildman–Crippen LogP) is 3.17. The third-order valence-electron chi connectivity index (χ3n) is 3.66. The van der Waals surface area contributed by atoms with Gasteiger partial charge >= 0.3 is 0 Å². The summed E-state index contributed by atoms with van der Waals surface area (Å²) in [5, 5.41) is 15.3. The van der Waals surface area contributed by atoms with E-state index in [1.807, 2.05) is 30.3 Å². The van der Waals surface area contributed by atoms with Crippen molar-refractivity contribution < 1.29 is 14.3 Å². The number of thiazole rings is 1. The normalized spacial score (nSPS) is 11.9. The average Bonchev–Trinajstić information content (AvgIpc) is 3.09. The fraction of sp³-hybridized carbons (Fsp3) is 0.158. The second kappa shape index (κ2) is 8.00. The van der Waals surface area contributed by atoms with Gasteiger partial charge in [-0.05, 0) is 29.8 Å². The molecule has 3 rings (SSSR count). The standard InChI is InChI=1S/C19H17FN2O2S/c20-15-8-6-14(7-9-15)19-22-16(12-25-19)10-17(23)18(24)21-11-13-4-2-1-3-5-13/h1-9,12,17,23H,10-11H2,(H,21,24)/t17-/m0/s1. The second-order valence-electron chi connectivity index (χ2n) is 5.57. The van der Waals surface area contributed by atoms with Gasteiger partial charge in [0, 0.05) is 23.9 Å². The Labute approximate surface area is 149 Å². The molecule has 1 amide bonds. The smallest absolute Gasteiger partial charge is 0.249 e. The fourth-order valence-electron chi connectivity index (χ4n) is 2.32. The number of nitrogens with one attached hydrogen (secondary N) is 1. The number of carbonyl (C=O) groups excluding carboxylic acids is 1. The summed E-state index contributed by atoms with van der Waals surface area (Å²) in [4.78, 5) is 16.4. The van der Waals surface area contributed by atoms with E-state index in [9.17, 15) is 14.3 Å². The van der Waals surface area contributed by atoms with E-state index in [2.05, 4.69) is 10.3 Å². The van der Waals surface area contributed by atoms with Crippen LogP contribution < -0.4 is 5.32 Å². The lowest BCUT2D eigenvalue weighted by atomic mass is 10.2. The quantitative estimate of drug-likeness (QED) is 0.713. The Hall–Kier alpha value is -2.57. The first kappa shape index (κ1) is 17.3. The molecule has 2 N–H and O–H groups in total. The zero-order valence-electron chi connectivity index (χ0n) is 13.4. The first-order chi connectivity index (χ1) is 12.1. The maximum Gasteiger partial charge on any atom is 0.249 e. The lowest BCUT2D eigenvalue weighted by molar-refractivity contribution is -0.129. The van der Waals surface area contributed by atoms with Crippen molar-refractivity contribution in [2.75, 3.05) is 0 Å². The molecule has 0 aliphatic rings. The van der Waals surface area contributed by atoms with E-state index in [1.165, 1.54) is 23.5 Å². The van der Waals surface area contributed by atoms with Crippen LogP contribution in [0, 0.1) is 5.82 Å². The summed E-state index contributed by atoms with van der Waals surface area (Å²) in [5.41, 5.74) is 2.41. The highest BCUT2D eigenvalue weighted by atomic mass is 32.1. The van der Waals surface area contributed by atoms with Crippen LogP contribution in [0.25, 0.3) is 10.6 Å². The maximum absolute atomic E-state index is 13.0. The topological polar surface area (TPSA) is 62.2 Å². The Morgan fingerprint density at radius 1 is 1.16 bits per heavy atom. The van der Waals surface area contributed by atoms with E-state index in [0.29, 0.717) is 12.2 Å². The van der Waals surface area contributed by atoms with Gasteiger partial charge in [0.15, 0.2) is 0 Å². The van der Waals surface area contributed by atoms with Gasteiger partial charge in [0.05, 0.1) is 5.69 Å². The summed E-state index contributed by atoms with van der Waals surface area (Å²) in [6.07, 6.45) is -1.02. The largest absolute Gasteiger partial charge is 0.383 e. The van der Waals surface area contributed by atoms with Crippen molar-refractivity contribution in [1.29, 1.82) is 0 Å². The molecule has 0 saturated heterocycles. The summed E-state index contributed by atoms with van der Waals surface area (Å²) in [6, 6.07) is 15.6. The van der Waals surface area contributed by atoms with Gasteiger partial charge < -0.3 is 10.4 Å². The van der Waals surface area contributed by atoms with Gasteiger partial charge in [-0.25, -0.2) is 9.37 Å². The van der Waals surface area contributed by atoms with Crippen molar-refractivity contribution in [3.8, 4) is 10.6 Å². The van der Waals surface area contributed by atoms with Crippen LogP contribution in [0.3, 0.4) is 0 Å². The third-order valence-corrected chi connectivity index (χ3v) is 4.60. The number of nitrogens with zero attached hydrogens (tertiary/aromatic N) is 1. The summed E-state index contributed by atoms with van der Waals surface area (Å²) in [5.74, 6) is -0.730. The maximum atomic E-state index is 13.0. The highest BCUT2D eigenvalue weighted by Crippen LogP contribution is 2.24. The minimum atomic E-state index is -1.16. The molecule has 0 aliphatic carbocycles. The second-order valence-corrected chi connectivity index (χ2v) is 6.43. The van der Waals surface area contributed by atoms with Crippen LogP contribution >= 0.6 is 11.3 Å². The van der Waals surface area contributed by atoms with Crippen molar-refractivity contribution in [3.05, 3.63) is 77.1 Å². The van der Waals surface area contributed by atoms with Crippen molar-refractivity contribution in [2.24, 2.45) is 0 Å². The monoisotopic (exact) mass is 356 g/mol. The van der Waals surface area contributed by atoms with Crippen LogP contribution in [0.2, 0.25) is 0 Å². The lowest BCUT2D eigenvalue weighted by Gasteiger charge is -2.10. The molecule has 0 spiro atoms. The number of amides is 1. The van der Waals surface area contributed by atoms with Crippen LogP contribution in [-0.2, 0) is 17.8 Å². The van der Waals surface area contributed by atoms with Crippen molar-refractivity contribution >= 4 is 17.2 Å². The minimum absolute atomic E-state index is 0.137. The molecule has 0 bridgehead atoms. The molecule has 0 fully saturated rings. The number of benzene rings is 2. The zero-order chi connectivity index (χ0) is 17.6. The summed E-state index contributed by atoms with van der Waals surface area (Å²) < 4.78 is 13.0. The van der Waals surface area contributed by atoms with Crippen LogP contribution in [0.5, 0.6) is 0 Å². The first-order valence-corrected chi connectivity index (χ1v) is 8.70. The third kappa shape index (κ3) is 4.71. The molecule has 1 aromatic heterocycles. The van der Waals surface area contributed by atoms with E-state index in [0.717, 1.165) is 16.1 Å². The average molecular weight is 356 g/mol. The molecule has 4 nitrogen and oxygen atoms in total. The van der Waals surface area contributed by atoms with Gasteiger partial charge in [-0.15, -0.1) is 11.3 Å². The van der Waals surface area contributed by atoms with Crippen LogP contribution in [-0.4, -0.2) is 22.1 Å². The number of aliphatic hydroxyl groups excluding tert-OH is 1. The molecule has 128 valence electrons. The number of rotatable bonds is 6. The molecule has 1 atom stereocenters. The predicted molar refractivity (Wildman–Crippen MR) is 95.5 cm³/mol. The SMILES string of the molecule is O=C(NCc1ccccc1)[C@@H](O)Cc1csc(-c2ccc(F)cc2)n1. The molecule has 0 radical (unpaired) electrons. The zero-order valence-corrected chi connectivity index (χ0v) is 14.2. The molecule has 0 saturated carbocycles. The van der Waals surface area contributed by atoms with E-state index in [1.54, 1.807) is 17.5 Å². The van der Waals surface area contributed by atoms with Crippen LogP contribution in [0.1, 0.15) is 11.3 Å². The van der Waals surface area contributed by atoms with E-state index in [4.69, 9.17) is 0 Å². The Bertz CT molecular complexity index is 834. The molecular formula is C19H17FN2O2S. The van der Waals surface area contributed by atoms with E-state index < -0.39 is 12.0 Å². The first-order valence-electron chi connectivity index (χ1n) is 7.82. The highest BCUT2D eigenvalue weighted by Gasteiger charge is 2.17.